The van der Waals surface area contributed by atoms with Crippen molar-refractivity contribution in [2.45, 2.75) is 25.2 Å². The van der Waals surface area contributed by atoms with Crippen LogP contribution in [0, 0.1) is 6.92 Å². The number of nitrogens with zero attached hydrogens (tertiary/aromatic N) is 4. The first-order chi connectivity index (χ1) is 13.0. The van der Waals surface area contributed by atoms with Crippen molar-refractivity contribution in [1.82, 2.24) is 19.8 Å². The first-order valence-electron chi connectivity index (χ1n) is 8.23. The zero-order valence-electron chi connectivity index (χ0n) is 14.7. The Labute approximate surface area is 160 Å². The van der Waals surface area contributed by atoms with Crippen LogP contribution in [0.3, 0.4) is 0 Å². The Morgan fingerprint density at radius 1 is 1.19 bits per heavy atom. The lowest BCUT2D eigenvalue weighted by atomic mass is 10.2. The first kappa shape index (κ1) is 18.7. The van der Waals surface area contributed by atoms with E-state index < -0.39 is 5.56 Å². The Bertz CT molecular complexity index is 957. The number of nitrogens with two attached hydrogens (primary N) is 1. The fourth-order valence-corrected chi connectivity index (χ4v) is 3.17. The fraction of sp³-hybridized carbons (Fsp3) is 0.222. The van der Waals surface area contributed by atoms with E-state index >= 15 is 0 Å². The van der Waals surface area contributed by atoms with Crippen molar-refractivity contribution in [1.29, 1.82) is 0 Å². The van der Waals surface area contributed by atoms with Crippen LogP contribution in [-0.4, -0.2) is 31.4 Å². The van der Waals surface area contributed by atoms with E-state index in [0.29, 0.717) is 18.8 Å². The number of furan rings is 1. The zero-order chi connectivity index (χ0) is 19.2. The standard InChI is InChI=1S/C18H19N5O3S/c1-13-17(25)23(19)18(21-20-13)27-12-16(24)22(11-15-8-5-9-26-15)10-14-6-3-2-4-7-14/h2-9H,10-12,19H2,1H3. The summed E-state index contributed by atoms with van der Waals surface area (Å²) in [5.74, 6) is 6.35. The summed E-state index contributed by atoms with van der Waals surface area (Å²) in [7, 11) is 0. The lowest BCUT2D eigenvalue weighted by Gasteiger charge is -2.21. The molecule has 0 saturated heterocycles. The molecule has 0 radical (unpaired) electrons. The van der Waals surface area contributed by atoms with Crippen LogP contribution >= 0.6 is 11.8 Å². The second-order valence-corrected chi connectivity index (χ2v) is 6.79. The summed E-state index contributed by atoms with van der Waals surface area (Å²) in [5, 5.41) is 7.85. The molecule has 8 nitrogen and oxygen atoms in total. The highest BCUT2D eigenvalue weighted by Gasteiger charge is 2.18. The number of carbonyl (C=O) groups excluding carboxylic acids is 1. The summed E-state index contributed by atoms with van der Waals surface area (Å²) in [6, 6.07) is 13.3. The Kier molecular flexibility index (Phi) is 5.92. The molecular weight excluding hydrogens is 366 g/mol. The predicted molar refractivity (Wildman–Crippen MR) is 101 cm³/mol. The van der Waals surface area contributed by atoms with Gasteiger partial charge in [-0.1, -0.05) is 42.1 Å². The molecule has 1 aromatic carbocycles. The van der Waals surface area contributed by atoms with Crippen molar-refractivity contribution in [3.8, 4) is 0 Å². The van der Waals surface area contributed by atoms with E-state index in [1.165, 1.54) is 6.92 Å². The molecule has 2 heterocycles. The molecule has 3 rings (SSSR count). The number of hydrogen-bond donors (Lipinski definition) is 1. The van der Waals surface area contributed by atoms with Crippen LogP contribution in [0.4, 0.5) is 0 Å². The summed E-state index contributed by atoms with van der Waals surface area (Å²) >= 11 is 1.07. The maximum absolute atomic E-state index is 12.8. The Morgan fingerprint density at radius 3 is 2.67 bits per heavy atom. The minimum Gasteiger partial charge on any atom is -0.467 e. The van der Waals surface area contributed by atoms with Gasteiger partial charge in [0, 0.05) is 6.54 Å². The van der Waals surface area contributed by atoms with Crippen molar-refractivity contribution >= 4 is 17.7 Å². The van der Waals surface area contributed by atoms with Gasteiger partial charge in [-0.05, 0) is 24.6 Å². The highest BCUT2D eigenvalue weighted by atomic mass is 32.2. The fourth-order valence-electron chi connectivity index (χ4n) is 2.41. The van der Waals surface area contributed by atoms with Crippen LogP contribution in [-0.2, 0) is 17.9 Å². The molecule has 0 aliphatic heterocycles. The molecule has 0 bridgehead atoms. The molecule has 1 amide bonds. The maximum atomic E-state index is 12.8. The molecule has 0 unspecified atom stereocenters. The predicted octanol–water partition coefficient (Wildman–Crippen LogP) is 1.57. The van der Waals surface area contributed by atoms with Crippen molar-refractivity contribution in [2.75, 3.05) is 11.6 Å². The summed E-state index contributed by atoms with van der Waals surface area (Å²) in [6.45, 7) is 2.31. The van der Waals surface area contributed by atoms with Crippen LogP contribution < -0.4 is 11.4 Å². The molecule has 9 heteroatoms. The molecule has 2 N–H and O–H groups in total. The molecule has 0 fully saturated rings. The lowest BCUT2D eigenvalue weighted by molar-refractivity contribution is -0.129. The van der Waals surface area contributed by atoms with Gasteiger partial charge in [-0.15, -0.1) is 10.2 Å². The Balaban J connectivity index is 1.72. The quantitative estimate of drug-likeness (QED) is 0.486. The Morgan fingerprint density at radius 2 is 1.96 bits per heavy atom. The highest BCUT2D eigenvalue weighted by molar-refractivity contribution is 7.99. The van der Waals surface area contributed by atoms with Crippen LogP contribution in [0.15, 0.2) is 63.1 Å². The second-order valence-electron chi connectivity index (χ2n) is 5.85. The van der Waals surface area contributed by atoms with Crippen molar-refractivity contribution < 1.29 is 9.21 Å². The van der Waals surface area contributed by atoms with Gasteiger partial charge in [-0.2, -0.15) is 4.68 Å². The maximum Gasteiger partial charge on any atom is 0.294 e. The minimum absolute atomic E-state index is 0.0714. The number of nitrogen functional groups attached to an aromatic ring is 1. The summed E-state index contributed by atoms with van der Waals surface area (Å²) in [5.41, 5.74) is 0.779. The monoisotopic (exact) mass is 385 g/mol. The minimum atomic E-state index is -0.434. The summed E-state index contributed by atoms with van der Waals surface area (Å²) in [4.78, 5) is 26.3. The number of carbonyl (C=O) groups is 1. The molecule has 3 aromatic rings. The van der Waals surface area contributed by atoms with E-state index in [9.17, 15) is 9.59 Å². The lowest BCUT2D eigenvalue weighted by Crippen LogP contribution is -2.34. The van der Waals surface area contributed by atoms with Crippen molar-refractivity contribution in [3.05, 3.63) is 76.1 Å². The van der Waals surface area contributed by atoms with Crippen LogP contribution in [0.5, 0.6) is 0 Å². The number of hydrogen-bond acceptors (Lipinski definition) is 7. The van der Waals surface area contributed by atoms with Gasteiger partial charge in [0.15, 0.2) is 0 Å². The number of benzene rings is 1. The normalized spacial score (nSPS) is 10.7. The average Bonchev–Trinajstić information content (AvgIpc) is 3.19. The summed E-state index contributed by atoms with van der Waals surface area (Å²) in [6.07, 6.45) is 1.57. The second kappa shape index (κ2) is 8.54. The number of amides is 1. The molecule has 0 saturated carbocycles. The van der Waals surface area contributed by atoms with Gasteiger partial charge in [0.05, 0.1) is 18.6 Å². The number of aryl methyl sites for hydroxylation is 1. The van der Waals surface area contributed by atoms with E-state index in [4.69, 9.17) is 10.3 Å². The van der Waals surface area contributed by atoms with E-state index in [1.54, 1.807) is 17.2 Å². The number of aromatic nitrogens is 3. The third-order valence-corrected chi connectivity index (χ3v) is 4.77. The number of thioether (sulfide) groups is 1. The SMILES string of the molecule is Cc1nnc(SCC(=O)N(Cc2ccccc2)Cc2ccco2)n(N)c1=O. The van der Waals surface area contributed by atoms with Crippen LogP contribution in [0.25, 0.3) is 0 Å². The smallest absolute Gasteiger partial charge is 0.294 e. The highest BCUT2D eigenvalue weighted by Crippen LogP contribution is 2.16. The van der Waals surface area contributed by atoms with Gasteiger partial charge in [0.1, 0.15) is 11.5 Å². The van der Waals surface area contributed by atoms with Crippen LogP contribution in [0.1, 0.15) is 17.0 Å². The molecule has 140 valence electrons. The van der Waals surface area contributed by atoms with Gasteiger partial charge >= 0.3 is 0 Å². The van der Waals surface area contributed by atoms with Gasteiger partial charge < -0.3 is 15.2 Å². The summed E-state index contributed by atoms with van der Waals surface area (Å²) < 4.78 is 6.29. The topological polar surface area (TPSA) is 107 Å². The first-order valence-corrected chi connectivity index (χ1v) is 9.21. The van der Waals surface area contributed by atoms with Crippen molar-refractivity contribution in [2.24, 2.45) is 0 Å². The third-order valence-electron chi connectivity index (χ3n) is 3.84. The third kappa shape index (κ3) is 4.76. The molecule has 0 aliphatic rings. The van der Waals surface area contributed by atoms with Crippen molar-refractivity contribution in [3.63, 3.8) is 0 Å². The zero-order valence-corrected chi connectivity index (χ0v) is 15.6. The molecule has 0 atom stereocenters. The van der Waals surface area contributed by atoms with Gasteiger partial charge in [-0.25, -0.2) is 0 Å². The molecular formula is C18H19N5O3S. The van der Waals surface area contributed by atoms with Gasteiger partial charge in [0.2, 0.25) is 11.1 Å². The van der Waals surface area contributed by atoms with E-state index in [-0.39, 0.29) is 22.5 Å². The molecule has 27 heavy (non-hydrogen) atoms. The molecule has 0 aliphatic carbocycles. The van der Waals surface area contributed by atoms with E-state index in [2.05, 4.69) is 10.2 Å². The largest absolute Gasteiger partial charge is 0.467 e. The molecule has 2 aromatic heterocycles. The van der Waals surface area contributed by atoms with Gasteiger partial charge in [0.25, 0.3) is 5.56 Å². The molecule has 0 spiro atoms. The van der Waals surface area contributed by atoms with E-state index in [1.807, 2.05) is 36.4 Å². The average molecular weight is 385 g/mol. The number of rotatable bonds is 7. The van der Waals surface area contributed by atoms with Gasteiger partial charge in [-0.3, -0.25) is 9.59 Å². The van der Waals surface area contributed by atoms with Crippen LogP contribution in [0.2, 0.25) is 0 Å². The van der Waals surface area contributed by atoms with E-state index in [0.717, 1.165) is 22.0 Å². The Hall–Kier alpha value is -3.07.